The summed E-state index contributed by atoms with van der Waals surface area (Å²) in [6.45, 7) is 3.95. The molecule has 8 heteroatoms. The molecule has 1 amide bonds. The zero-order valence-electron chi connectivity index (χ0n) is 12.0. The molecule has 0 fully saturated rings. The van der Waals surface area contributed by atoms with Crippen LogP contribution in [0.15, 0.2) is 35.1 Å². The lowest BCUT2D eigenvalue weighted by atomic mass is 10.0. The normalized spacial score (nSPS) is 11.6. The predicted molar refractivity (Wildman–Crippen MR) is 82.1 cm³/mol. The van der Waals surface area contributed by atoms with E-state index in [-0.39, 0.29) is 17.2 Å². The fourth-order valence-electron chi connectivity index (χ4n) is 1.88. The third kappa shape index (κ3) is 4.08. The monoisotopic (exact) mass is 342 g/mol. The Morgan fingerprint density at radius 2 is 2.09 bits per heavy atom. The number of rotatable bonds is 5. The average Bonchev–Trinajstić information content (AvgIpc) is 2.89. The Kier molecular flexibility index (Phi) is 4.87. The molecule has 118 valence electrons. The summed E-state index contributed by atoms with van der Waals surface area (Å²) in [6.07, 6.45) is 1.26. The summed E-state index contributed by atoms with van der Waals surface area (Å²) >= 11 is 6.10. The van der Waals surface area contributed by atoms with Crippen LogP contribution in [-0.2, 0) is 15.8 Å². The van der Waals surface area contributed by atoms with Crippen molar-refractivity contribution in [3.63, 3.8) is 0 Å². The Morgan fingerprint density at radius 3 is 2.64 bits per heavy atom. The second kappa shape index (κ2) is 6.50. The maximum absolute atomic E-state index is 12.0. The standard InChI is InChI=1S/C14H15ClN2O4S/c1-9(2)12-4-3-10(7-13(12)15)14(18)17-22(19,20)8-11-5-6-21-16-11/h3-7,9H,8H2,1-2H3,(H,17,18). The van der Waals surface area contributed by atoms with E-state index in [1.165, 1.54) is 18.4 Å². The molecule has 2 rings (SSSR count). The highest BCUT2D eigenvalue weighted by molar-refractivity contribution is 7.89. The van der Waals surface area contributed by atoms with Crippen LogP contribution in [0, 0.1) is 0 Å². The van der Waals surface area contributed by atoms with Crippen LogP contribution in [0.5, 0.6) is 0 Å². The minimum Gasteiger partial charge on any atom is -0.364 e. The number of halogens is 1. The third-order valence-corrected chi connectivity index (χ3v) is 4.46. The summed E-state index contributed by atoms with van der Waals surface area (Å²) in [4.78, 5) is 12.0. The highest BCUT2D eigenvalue weighted by Gasteiger charge is 2.19. The largest absolute Gasteiger partial charge is 0.364 e. The number of carbonyl (C=O) groups excluding carboxylic acids is 1. The van der Waals surface area contributed by atoms with Gasteiger partial charge in [-0.05, 0) is 23.6 Å². The van der Waals surface area contributed by atoms with Gasteiger partial charge in [0.25, 0.3) is 5.91 Å². The van der Waals surface area contributed by atoms with Gasteiger partial charge in [0.15, 0.2) is 0 Å². The summed E-state index contributed by atoms with van der Waals surface area (Å²) in [6, 6.07) is 6.13. The SMILES string of the molecule is CC(C)c1ccc(C(=O)NS(=O)(=O)Cc2ccon2)cc1Cl. The Hall–Kier alpha value is -1.86. The molecule has 2 aromatic rings. The van der Waals surface area contributed by atoms with E-state index in [4.69, 9.17) is 11.6 Å². The van der Waals surface area contributed by atoms with Gasteiger partial charge in [0.05, 0.1) is 0 Å². The molecule has 6 nitrogen and oxygen atoms in total. The van der Waals surface area contributed by atoms with Crippen LogP contribution in [0.1, 0.15) is 41.4 Å². The number of amides is 1. The topological polar surface area (TPSA) is 89.3 Å². The molecule has 1 aromatic heterocycles. The quantitative estimate of drug-likeness (QED) is 0.902. The van der Waals surface area contributed by atoms with Crippen LogP contribution in [0.4, 0.5) is 0 Å². The highest BCUT2D eigenvalue weighted by Crippen LogP contribution is 2.25. The molecule has 22 heavy (non-hydrogen) atoms. The lowest BCUT2D eigenvalue weighted by Gasteiger charge is -2.10. The van der Waals surface area contributed by atoms with Crippen LogP contribution in [0.25, 0.3) is 0 Å². The molecule has 0 aliphatic heterocycles. The smallest absolute Gasteiger partial charge is 0.264 e. The molecular formula is C14H15ClN2O4S. The molecule has 0 radical (unpaired) electrons. The summed E-state index contributed by atoms with van der Waals surface area (Å²) in [5.41, 5.74) is 1.29. The van der Waals surface area contributed by atoms with Crippen LogP contribution < -0.4 is 4.72 Å². The maximum atomic E-state index is 12.0. The first-order valence-electron chi connectivity index (χ1n) is 6.52. The Bertz CT molecular complexity index is 770. The Morgan fingerprint density at radius 1 is 1.36 bits per heavy atom. The van der Waals surface area contributed by atoms with Crippen molar-refractivity contribution in [3.8, 4) is 0 Å². The average molecular weight is 343 g/mol. The van der Waals surface area contributed by atoms with Crippen molar-refractivity contribution in [2.24, 2.45) is 0 Å². The van der Waals surface area contributed by atoms with Gasteiger partial charge < -0.3 is 4.52 Å². The molecule has 0 saturated carbocycles. The Labute approximate surface area is 133 Å². The number of aromatic nitrogens is 1. The lowest BCUT2D eigenvalue weighted by Crippen LogP contribution is -2.31. The van der Waals surface area contributed by atoms with E-state index < -0.39 is 21.7 Å². The molecule has 0 saturated heterocycles. The zero-order valence-corrected chi connectivity index (χ0v) is 13.6. The molecule has 0 bridgehead atoms. The van der Waals surface area contributed by atoms with Crippen LogP contribution in [-0.4, -0.2) is 19.5 Å². The summed E-state index contributed by atoms with van der Waals surface area (Å²) < 4.78 is 30.3. The minimum absolute atomic E-state index is 0.179. The summed E-state index contributed by atoms with van der Waals surface area (Å²) in [7, 11) is -3.86. The van der Waals surface area contributed by atoms with Gasteiger partial charge in [-0.1, -0.05) is 36.7 Å². The number of nitrogens with one attached hydrogen (secondary N) is 1. The number of hydrogen-bond acceptors (Lipinski definition) is 5. The van der Waals surface area contributed by atoms with Crippen molar-refractivity contribution < 1.29 is 17.7 Å². The molecule has 0 unspecified atom stereocenters. The number of nitrogens with zero attached hydrogens (tertiary/aromatic N) is 1. The zero-order chi connectivity index (χ0) is 16.3. The van der Waals surface area contributed by atoms with Gasteiger partial charge in [0.1, 0.15) is 17.7 Å². The third-order valence-electron chi connectivity index (χ3n) is 2.96. The van der Waals surface area contributed by atoms with E-state index in [0.29, 0.717) is 5.02 Å². The number of carbonyl (C=O) groups is 1. The van der Waals surface area contributed by atoms with Gasteiger partial charge in [-0.2, -0.15) is 0 Å². The van der Waals surface area contributed by atoms with Crippen molar-refractivity contribution in [3.05, 3.63) is 52.4 Å². The van der Waals surface area contributed by atoms with Gasteiger partial charge in [0.2, 0.25) is 10.0 Å². The second-order valence-corrected chi connectivity index (χ2v) is 7.20. The van der Waals surface area contributed by atoms with Gasteiger partial charge >= 0.3 is 0 Å². The van der Waals surface area contributed by atoms with E-state index in [2.05, 4.69) is 9.68 Å². The van der Waals surface area contributed by atoms with Crippen LogP contribution in [0.3, 0.4) is 0 Å². The lowest BCUT2D eigenvalue weighted by molar-refractivity contribution is 0.0981. The van der Waals surface area contributed by atoms with Crippen LogP contribution in [0.2, 0.25) is 5.02 Å². The number of hydrogen-bond donors (Lipinski definition) is 1. The molecule has 0 spiro atoms. The van der Waals surface area contributed by atoms with Crippen molar-refractivity contribution in [2.75, 3.05) is 0 Å². The van der Waals surface area contributed by atoms with E-state index >= 15 is 0 Å². The van der Waals surface area contributed by atoms with Crippen molar-refractivity contribution >= 4 is 27.5 Å². The maximum Gasteiger partial charge on any atom is 0.264 e. The molecule has 0 aliphatic carbocycles. The first-order valence-corrected chi connectivity index (χ1v) is 8.55. The van der Waals surface area contributed by atoms with E-state index in [0.717, 1.165) is 5.56 Å². The van der Waals surface area contributed by atoms with Gasteiger partial charge in [0, 0.05) is 16.7 Å². The van der Waals surface area contributed by atoms with Crippen molar-refractivity contribution in [2.45, 2.75) is 25.5 Å². The Balaban J connectivity index is 2.13. The minimum atomic E-state index is -3.86. The number of benzene rings is 1. The fraction of sp³-hybridized carbons (Fsp3) is 0.286. The molecule has 0 atom stereocenters. The first-order chi connectivity index (χ1) is 10.3. The number of sulfonamides is 1. The molecule has 1 N–H and O–H groups in total. The first kappa shape index (κ1) is 16.5. The summed E-state index contributed by atoms with van der Waals surface area (Å²) in [5, 5.41) is 3.93. The predicted octanol–water partition coefficient (Wildman–Crippen LogP) is 2.71. The molecule has 0 aliphatic rings. The van der Waals surface area contributed by atoms with Gasteiger partial charge in [-0.3, -0.25) is 4.79 Å². The fourth-order valence-corrected chi connectivity index (χ4v) is 3.29. The van der Waals surface area contributed by atoms with E-state index in [9.17, 15) is 13.2 Å². The summed E-state index contributed by atoms with van der Waals surface area (Å²) in [5.74, 6) is -0.964. The molecule has 1 aromatic carbocycles. The molecular weight excluding hydrogens is 328 g/mol. The van der Waals surface area contributed by atoms with Crippen molar-refractivity contribution in [1.82, 2.24) is 9.88 Å². The van der Waals surface area contributed by atoms with Gasteiger partial charge in [-0.25, -0.2) is 13.1 Å². The van der Waals surface area contributed by atoms with E-state index in [1.807, 2.05) is 18.6 Å². The van der Waals surface area contributed by atoms with E-state index in [1.54, 1.807) is 12.1 Å². The van der Waals surface area contributed by atoms with Gasteiger partial charge in [-0.15, -0.1) is 0 Å². The molecule has 1 heterocycles. The van der Waals surface area contributed by atoms with Crippen LogP contribution >= 0.6 is 11.6 Å². The van der Waals surface area contributed by atoms with Crippen molar-refractivity contribution in [1.29, 1.82) is 0 Å². The second-order valence-electron chi connectivity index (χ2n) is 5.07. The highest BCUT2D eigenvalue weighted by atomic mass is 35.5.